The summed E-state index contributed by atoms with van der Waals surface area (Å²) in [5.41, 5.74) is 3.62. The molecule has 1 saturated heterocycles. The van der Waals surface area contributed by atoms with Crippen LogP contribution in [0.25, 0.3) is 0 Å². The van der Waals surface area contributed by atoms with Gasteiger partial charge in [-0.3, -0.25) is 9.59 Å². The fourth-order valence-electron chi connectivity index (χ4n) is 3.50. The predicted octanol–water partition coefficient (Wildman–Crippen LogP) is 2.55. The highest BCUT2D eigenvalue weighted by Crippen LogP contribution is 2.26. The van der Waals surface area contributed by atoms with E-state index in [1.165, 1.54) is 0 Å². The van der Waals surface area contributed by atoms with Crippen molar-refractivity contribution in [1.82, 2.24) is 0 Å². The van der Waals surface area contributed by atoms with Gasteiger partial charge in [-0.05, 0) is 35.7 Å². The van der Waals surface area contributed by atoms with Crippen LogP contribution in [0.2, 0.25) is 0 Å². The van der Waals surface area contributed by atoms with Crippen LogP contribution in [-0.4, -0.2) is 31.1 Å². The molecule has 1 N–H and O–H groups in total. The van der Waals surface area contributed by atoms with E-state index in [0.717, 1.165) is 28.9 Å². The van der Waals surface area contributed by atoms with Crippen LogP contribution in [0.3, 0.4) is 0 Å². The Balaban J connectivity index is 1.57. The third-order valence-corrected chi connectivity index (χ3v) is 4.73. The molecule has 0 aromatic heterocycles. The van der Waals surface area contributed by atoms with Crippen molar-refractivity contribution in [2.45, 2.75) is 25.3 Å². The number of amides is 2. The van der Waals surface area contributed by atoms with Gasteiger partial charge in [0.25, 0.3) is 0 Å². The maximum atomic E-state index is 13.0. The minimum Gasteiger partial charge on any atom is -0.379 e. The Hall–Kier alpha value is -2.66. The van der Waals surface area contributed by atoms with Crippen LogP contribution < -0.4 is 10.2 Å². The first-order chi connectivity index (χ1) is 12.2. The normalized spacial score (nSPS) is 18.7. The molecule has 0 saturated carbocycles. The number of ether oxygens (including phenoxy) is 1. The van der Waals surface area contributed by atoms with Gasteiger partial charge in [-0.25, -0.2) is 0 Å². The first-order valence-electron chi connectivity index (χ1n) is 8.57. The van der Waals surface area contributed by atoms with Gasteiger partial charge in [0.2, 0.25) is 11.8 Å². The predicted molar refractivity (Wildman–Crippen MR) is 95.6 cm³/mol. The second-order valence-electron chi connectivity index (χ2n) is 6.51. The minimum absolute atomic E-state index is 0.00694. The maximum Gasteiger partial charge on any atom is 0.231 e. The molecule has 0 bridgehead atoms. The van der Waals surface area contributed by atoms with Crippen LogP contribution in [0, 0.1) is 0 Å². The number of fused-ring (bicyclic) bond motifs is 1. The van der Waals surface area contributed by atoms with Gasteiger partial charge in [-0.1, -0.05) is 30.3 Å². The summed E-state index contributed by atoms with van der Waals surface area (Å²) in [6.45, 7) is 1.26. The first kappa shape index (κ1) is 15.8. The summed E-state index contributed by atoms with van der Waals surface area (Å²) >= 11 is 0. The highest BCUT2D eigenvalue weighted by Gasteiger charge is 2.29. The van der Waals surface area contributed by atoms with Gasteiger partial charge < -0.3 is 15.0 Å². The number of nitrogens with one attached hydrogen (secondary N) is 1. The lowest BCUT2D eigenvalue weighted by molar-refractivity contribution is -0.118. The molecule has 2 aromatic rings. The van der Waals surface area contributed by atoms with Crippen LogP contribution in [0.4, 0.5) is 11.4 Å². The molecule has 4 rings (SSSR count). The summed E-state index contributed by atoms with van der Waals surface area (Å²) in [7, 11) is 0. The summed E-state index contributed by atoms with van der Waals surface area (Å²) in [6.07, 6.45) is 1.56. The molecule has 5 nitrogen and oxygen atoms in total. The van der Waals surface area contributed by atoms with Crippen LogP contribution in [-0.2, 0) is 27.2 Å². The number of hydrogen-bond donors (Lipinski definition) is 1. The van der Waals surface area contributed by atoms with E-state index < -0.39 is 0 Å². The van der Waals surface area contributed by atoms with Gasteiger partial charge in [0.1, 0.15) is 0 Å². The molecule has 2 amide bonds. The van der Waals surface area contributed by atoms with E-state index in [4.69, 9.17) is 4.74 Å². The molecule has 2 heterocycles. The van der Waals surface area contributed by atoms with Crippen LogP contribution in [0.5, 0.6) is 0 Å². The number of para-hydroxylation sites is 1. The van der Waals surface area contributed by atoms with Gasteiger partial charge in [-0.2, -0.15) is 0 Å². The number of nitrogens with zero attached hydrogens (tertiary/aromatic N) is 1. The summed E-state index contributed by atoms with van der Waals surface area (Å²) in [4.78, 5) is 26.4. The lowest BCUT2D eigenvalue weighted by Gasteiger charge is -2.28. The Morgan fingerprint density at radius 3 is 2.80 bits per heavy atom. The first-order valence-corrected chi connectivity index (χ1v) is 8.57. The van der Waals surface area contributed by atoms with Crippen molar-refractivity contribution in [2.75, 3.05) is 23.4 Å². The maximum absolute atomic E-state index is 13.0. The molecule has 1 fully saturated rings. The molecule has 25 heavy (non-hydrogen) atoms. The summed E-state index contributed by atoms with van der Waals surface area (Å²) < 4.78 is 5.49. The molecule has 2 aliphatic heterocycles. The van der Waals surface area contributed by atoms with E-state index in [1.807, 2.05) is 53.4 Å². The third kappa shape index (κ3) is 3.28. The number of anilines is 2. The smallest absolute Gasteiger partial charge is 0.231 e. The second kappa shape index (κ2) is 6.69. The zero-order chi connectivity index (χ0) is 17.2. The fraction of sp³-hybridized carbons (Fsp3) is 0.300. The highest BCUT2D eigenvalue weighted by molar-refractivity contribution is 6.00. The fourth-order valence-corrected chi connectivity index (χ4v) is 3.50. The van der Waals surface area contributed by atoms with Gasteiger partial charge in [0, 0.05) is 18.0 Å². The Morgan fingerprint density at radius 1 is 1.20 bits per heavy atom. The SMILES string of the molecule is O=C1Cc2ccc(CC(=O)N(c3ccccc3)[C@@H]3CCOC3)cc2N1. The monoisotopic (exact) mass is 336 g/mol. The van der Waals surface area contributed by atoms with E-state index in [0.29, 0.717) is 26.1 Å². The Kier molecular flexibility index (Phi) is 4.24. The van der Waals surface area contributed by atoms with Crippen LogP contribution >= 0.6 is 0 Å². The lowest BCUT2D eigenvalue weighted by Crippen LogP contribution is -2.41. The lowest BCUT2D eigenvalue weighted by atomic mass is 10.0. The zero-order valence-electron chi connectivity index (χ0n) is 13.9. The van der Waals surface area contributed by atoms with Crippen molar-refractivity contribution < 1.29 is 14.3 Å². The number of hydrogen-bond acceptors (Lipinski definition) is 3. The summed E-state index contributed by atoms with van der Waals surface area (Å²) in [5.74, 6) is 0.0541. The number of carbonyl (C=O) groups excluding carboxylic acids is 2. The standard InChI is InChI=1S/C20H20N2O3/c23-19-12-15-7-6-14(10-18(15)21-19)11-20(24)22(17-8-9-25-13-17)16-4-2-1-3-5-16/h1-7,10,17H,8-9,11-13H2,(H,21,23)/t17-/m1/s1. The van der Waals surface area contributed by atoms with Gasteiger partial charge in [-0.15, -0.1) is 0 Å². The number of carbonyl (C=O) groups is 2. The zero-order valence-corrected chi connectivity index (χ0v) is 13.9. The quantitative estimate of drug-likeness (QED) is 0.933. The van der Waals surface area contributed by atoms with Crippen LogP contribution in [0.1, 0.15) is 17.5 Å². The number of benzene rings is 2. The van der Waals surface area contributed by atoms with Gasteiger partial charge >= 0.3 is 0 Å². The largest absolute Gasteiger partial charge is 0.379 e. The Labute approximate surface area is 146 Å². The van der Waals surface area contributed by atoms with Gasteiger partial charge in [0.05, 0.1) is 25.5 Å². The van der Waals surface area contributed by atoms with Crippen molar-refractivity contribution in [1.29, 1.82) is 0 Å². The van der Waals surface area contributed by atoms with Crippen molar-refractivity contribution >= 4 is 23.2 Å². The van der Waals surface area contributed by atoms with E-state index >= 15 is 0 Å². The van der Waals surface area contributed by atoms with E-state index in [9.17, 15) is 9.59 Å². The van der Waals surface area contributed by atoms with Crippen molar-refractivity contribution in [3.05, 3.63) is 59.7 Å². The highest BCUT2D eigenvalue weighted by atomic mass is 16.5. The molecular formula is C20H20N2O3. The Bertz CT molecular complexity index is 798. The topological polar surface area (TPSA) is 58.6 Å². The van der Waals surface area contributed by atoms with Gasteiger partial charge in [0.15, 0.2) is 0 Å². The van der Waals surface area contributed by atoms with E-state index in [1.54, 1.807) is 0 Å². The average molecular weight is 336 g/mol. The summed E-state index contributed by atoms with van der Waals surface area (Å²) in [5, 5.41) is 2.84. The summed E-state index contributed by atoms with van der Waals surface area (Å²) in [6, 6.07) is 15.6. The van der Waals surface area contributed by atoms with E-state index in [-0.39, 0.29) is 17.9 Å². The molecule has 0 unspecified atom stereocenters. The van der Waals surface area contributed by atoms with Crippen molar-refractivity contribution in [3.63, 3.8) is 0 Å². The molecule has 1 atom stereocenters. The Morgan fingerprint density at radius 2 is 2.04 bits per heavy atom. The molecule has 128 valence electrons. The van der Waals surface area contributed by atoms with Crippen molar-refractivity contribution in [2.24, 2.45) is 0 Å². The van der Waals surface area contributed by atoms with E-state index in [2.05, 4.69) is 5.32 Å². The second-order valence-corrected chi connectivity index (χ2v) is 6.51. The molecule has 2 aliphatic rings. The molecule has 0 aliphatic carbocycles. The van der Waals surface area contributed by atoms with Crippen molar-refractivity contribution in [3.8, 4) is 0 Å². The van der Waals surface area contributed by atoms with Crippen LogP contribution in [0.15, 0.2) is 48.5 Å². The third-order valence-electron chi connectivity index (χ3n) is 4.73. The molecular weight excluding hydrogens is 316 g/mol. The molecule has 0 radical (unpaired) electrons. The average Bonchev–Trinajstić information content (AvgIpc) is 3.24. The molecule has 2 aromatic carbocycles. The minimum atomic E-state index is 0.00694. The molecule has 5 heteroatoms. The molecule has 0 spiro atoms. The number of rotatable bonds is 4.